The number of halogens is 1. The molecule has 26 heavy (non-hydrogen) atoms. The third-order valence-electron chi connectivity index (χ3n) is 4.22. The fourth-order valence-electron chi connectivity index (χ4n) is 2.92. The molecule has 2 aromatic heterocycles. The Kier molecular flexibility index (Phi) is 4.42. The van der Waals surface area contributed by atoms with Gasteiger partial charge in [-0.1, -0.05) is 41.9 Å². The van der Waals surface area contributed by atoms with Crippen LogP contribution in [0.3, 0.4) is 0 Å². The molecule has 0 saturated heterocycles. The van der Waals surface area contributed by atoms with Gasteiger partial charge in [0, 0.05) is 40.3 Å². The molecule has 0 unspecified atom stereocenters. The highest BCUT2D eigenvalue weighted by Gasteiger charge is 2.08. The number of H-pyrrole nitrogens is 1. The Labute approximate surface area is 155 Å². The fraction of sp³-hybridized carbons (Fsp3) is 0.0476. The van der Waals surface area contributed by atoms with Crippen molar-refractivity contribution in [3.63, 3.8) is 0 Å². The maximum Gasteiger partial charge on any atom is 0.256 e. The SMILES string of the molecule is O=C(Nc1ccc(Cc2c[nH]c3ccccc23)cn1)c1cccc(Cl)c1. The number of benzene rings is 2. The molecule has 0 saturated carbocycles. The zero-order chi connectivity index (χ0) is 17.9. The van der Waals surface area contributed by atoms with Crippen LogP contribution in [0.25, 0.3) is 10.9 Å². The van der Waals surface area contributed by atoms with E-state index in [-0.39, 0.29) is 5.91 Å². The van der Waals surface area contributed by atoms with Crippen LogP contribution >= 0.6 is 11.6 Å². The van der Waals surface area contributed by atoms with Gasteiger partial charge < -0.3 is 10.3 Å². The summed E-state index contributed by atoms with van der Waals surface area (Å²) in [5.74, 6) is 0.280. The molecule has 0 aliphatic heterocycles. The smallest absolute Gasteiger partial charge is 0.256 e. The number of hydrogen-bond acceptors (Lipinski definition) is 2. The van der Waals surface area contributed by atoms with Crippen molar-refractivity contribution >= 4 is 34.2 Å². The first-order valence-corrected chi connectivity index (χ1v) is 8.64. The molecule has 5 heteroatoms. The van der Waals surface area contributed by atoms with Crippen LogP contribution < -0.4 is 5.32 Å². The summed E-state index contributed by atoms with van der Waals surface area (Å²) in [4.78, 5) is 19.9. The van der Waals surface area contributed by atoms with Crippen molar-refractivity contribution < 1.29 is 4.79 Å². The monoisotopic (exact) mass is 361 g/mol. The summed E-state index contributed by atoms with van der Waals surface area (Å²) in [6, 6.07) is 18.8. The first-order valence-electron chi connectivity index (χ1n) is 8.26. The van der Waals surface area contributed by atoms with E-state index >= 15 is 0 Å². The number of aromatic nitrogens is 2. The van der Waals surface area contributed by atoms with Gasteiger partial charge in [-0.05, 0) is 41.5 Å². The Morgan fingerprint density at radius 1 is 1.08 bits per heavy atom. The topological polar surface area (TPSA) is 57.8 Å². The number of carbonyl (C=O) groups excluding carboxylic acids is 1. The van der Waals surface area contributed by atoms with Crippen molar-refractivity contribution in [2.75, 3.05) is 5.32 Å². The Bertz CT molecular complexity index is 1070. The van der Waals surface area contributed by atoms with E-state index in [0.717, 1.165) is 17.5 Å². The highest BCUT2D eigenvalue weighted by atomic mass is 35.5. The van der Waals surface area contributed by atoms with E-state index in [1.807, 2.05) is 30.5 Å². The highest BCUT2D eigenvalue weighted by molar-refractivity contribution is 6.31. The number of hydrogen-bond donors (Lipinski definition) is 2. The van der Waals surface area contributed by atoms with Gasteiger partial charge in [0.2, 0.25) is 0 Å². The van der Waals surface area contributed by atoms with Crippen LogP contribution in [0.1, 0.15) is 21.5 Å². The molecule has 2 N–H and O–H groups in total. The van der Waals surface area contributed by atoms with Gasteiger partial charge in [-0.3, -0.25) is 4.79 Å². The van der Waals surface area contributed by atoms with E-state index < -0.39 is 0 Å². The Morgan fingerprint density at radius 3 is 2.77 bits per heavy atom. The lowest BCUT2D eigenvalue weighted by molar-refractivity contribution is 0.102. The summed E-state index contributed by atoms with van der Waals surface area (Å²) in [6.07, 6.45) is 4.59. The van der Waals surface area contributed by atoms with Crippen LogP contribution in [0.2, 0.25) is 5.02 Å². The van der Waals surface area contributed by atoms with Gasteiger partial charge in [-0.25, -0.2) is 4.98 Å². The largest absolute Gasteiger partial charge is 0.361 e. The first-order chi connectivity index (χ1) is 12.7. The molecule has 1 amide bonds. The lowest BCUT2D eigenvalue weighted by atomic mass is 10.1. The number of rotatable bonds is 4. The highest BCUT2D eigenvalue weighted by Crippen LogP contribution is 2.21. The van der Waals surface area contributed by atoms with Crippen LogP contribution in [0, 0.1) is 0 Å². The zero-order valence-electron chi connectivity index (χ0n) is 13.9. The first kappa shape index (κ1) is 16.4. The number of aromatic amines is 1. The fourth-order valence-corrected chi connectivity index (χ4v) is 3.11. The number of fused-ring (bicyclic) bond motifs is 1. The lowest BCUT2D eigenvalue weighted by Crippen LogP contribution is -2.12. The van der Waals surface area contributed by atoms with Crippen LogP contribution in [0.5, 0.6) is 0 Å². The standard InChI is InChI=1S/C21H16ClN3O/c22-17-5-3-4-15(11-17)21(26)25-20-9-8-14(12-24-20)10-16-13-23-19-7-2-1-6-18(16)19/h1-9,11-13,23H,10H2,(H,24,25,26). The average Bonchev–Trinajstić information content (AvgIpc) is 3.06. The van der Waals surface area contributed by atoms with Crippen LogP contribution in [0.15, 0.2) is 73.1 Å². The molecule has 4 aromatic rings. The number of nitrogens with one attached hydrogen (secondary N) is 2. The molecule has 0 radical (unpaired) electrons. The number of nitrogens with zero attached hydrogens (tertiary/aromatic N) is 1. The molecule has 0 atom stereocenters. The maximum absolute atomic E-state index is 12.2. The van der Waals surface area contributed by atoms with Gasteiger partial charge in [0.05, 0.1) is 0 Å². The molecule has 2 heterocycles. The summed E-state index contributed by atoms with van der Waals surface area (Å²) >= 11 is 5.92. The van der Waals surface area contributed by atoms with Gasteiger partial charge in [-0.2, -0.15) is 0 Å². The van der Waals surface area contributed by atoms with Gasteiger partial charge in [0.15, 0.2) is 0 Å². The Morgan fingerprint density at radius 2 is 1.96 bits per heavy atom. The minimum Gasteiger partial charge on any atom is -0.361 e. The zero-order valence-corrected chi connectivity index (χ0v) is 14.6. The second kappa shape index (κ2) is 7.02. The maximum atomic E-state index is 12.2. The number of pyridine rings is 1. The second-order valence-electron chi connectivity index (χ2n) is 6.05. The van der Waals surface area contributed by atoms with Crippen LogP contribution in [-0.4, -0.2) is 15.9 Å². The molecule has 0 aliphatic carbocycles. The normalized spacial score (nSPS) is 10.8. The summed E-state index contributed by atoms with van der Waals surface area (Å²) < 4.78 is 0. The minimum absolute atomic E-state index is 0.232. The van der Waals surface area contributed by atoms with Crippen LogP contribution in [-0.2, 0) is 6.42 Å². The van der Waals surface area contributed by atoms with E-state index in [1.165, 1.54) is 10.9 Å². The predicted molar refractivity (Wildman–Crippen MR) is 105 cm³/mol. The van der Waals surface area contributed by atoms with Crippen molar-refractivity contribution in [3.8, 4) is 0 Å². The molecule has 2 aromatic carbocycles. The number of amides is 1. The van der Waals surface area contributed by atoms with E-state index in [1.54, 1.807) is 30.5 Å². The van der Waals surface area contributed by atoms with Gasteiger partial charge in [0.25, 0.3) is 5.91 Å². The summed E-state index contributed by atoms with van der Waals surface area (Å²) in [5.41, 5.74) is 3.93. The summed E-state index contributed by atoms with van der Waals surface area (Å²) in [7, 11) is 0. The second-order valence-corrected chi connectivity index (χ2v) is 6.49. The molecule has 128 valence electrons. The van der Waals surface area contributed by atoms with Gasteiger partial charge in [0.1, 0.15) is 5.82 Å². The molecular weight excluding hydrogens is 346 g/mol. The molecular formula is C21H16ClN3O. The van der Waals surface area contributed by atoms with E-state index in [4.69, 9.17) is 11.6 Å². The summed E-state index contributed by atoms with van der Waals surface area (Å²) in [6.45, 7) is 0. The Balaban J connectivity index is 1.47. The molecule has 0 bridgehead atoms. The number of para-hydroxylation sites is 1. The van der Waals surface area contributed by atoms with Gasteiger partial charge in [-0.15, -0.1) is 0 Å². The van der Waals surface area contributed by atoms with E-state index in [9.17, 15) is 4.79 Å². The van der Waals surface area contributed by atoms with Crippen molar-refractivity contribution in [2.45, 2.75) is 6.42 Å². The summed E-state index contributed by atoms with van der Waals surface area (Å²) in [5, 5.41) is 4.53. The van der Waals surface area contributed by atoms with Crippen molar-refractivity contribution in [3.05, 3.63) is 94.8 Å². The quantitative estimate of drug-likeness (QED) is 0.533. The van der Waals surface area contributed by atoms with Crippen LogP contribution in [0.4, 0.5) is 5.82 Å². The van der Waals surface area contributed by atoms with E-state index in [2.05, 4.69) is 27.4 Å². The lowest BCUT2D eigenvalue weighted by Gasteiger charge is -2.06. The van der Waals surface area contributed by atoms with E-state index in [0.29, 0.717) is 16.4 Å². The molecule has 4 nitrogen and oxygen atoms in total. The molecule has 4 rings (SSSR count). The molecule has 0 fully saturated rings. The van der Waals surface area contributed by atoms with Crippen molar-refractivity contribution in [2.24, 2.45) is 0 Å². The third-order valence-corrected chi connectivity index (χ3v) is 4.46. The number of carbonyl (C=O) groups is 1. The minimum atomic E-state index is -0.232. The average molecular weight is 362 g/mol. The Hall–Kier alpha value is -3.11. The van der Waals surface area contributed by atoms with Gasteiger partial charge >= 0.3 is 0 Å². The van der Waals surface area contributed by atoms with Crippen molar-refractivity contribution in [1.82, 2.24) is 9.97 Å². The molecule has 0 spiro atoms. The predicted octanol–water partition coefficient (Wildman–Crippen LogP) is 5.06. The van der Waals surface area contributed by atoms with Crippen molar-refractivity contribution in [1.29, 1.82) is 0 Å². The third kappa shape index (κ3) is 3.46. The molecule has 0 aliphatic rings. The number of anilines is 1.